The lowest BCUT2D eigenvalue weighted by molar-refractivity contribution is 0.0376. The highest BCUT2D eigenvalue weighted by Gasteiger charge is 2.24. The van der Waals surface area contributed by atoms with E-state index in [4.69, 9.17) is 14.2 Å². The lowest BCUT2D eigenvalue weighted by Gasteiger charge is -2.27. The van der Waals surface area contributed by atoms with Gasteiger partial charge in [0.25, 0.3) is 5.91 Å². The molecule has 0 atom stereocenters. The van der Waals surface area contributed by atoms with E-state index >= 15 is 0 Å². The number of morpholine rings is 1. The number of carbonyl (C=O) groups excluding carboxylic acids is 1. The molecule has 1 amide bonds. The fraction of sp³-hybridized carbons (Fsp3) is 0.450. The van der Waals surface area contributed by atoms with Crippen LogP contribution in [0.3, 0.4) is 0 Å². The second kappa shape index (κ2) is 8.38. The summed E-state index contributed by atoms with van der Waals surface area (Å²) in [7, 11) is 0. The van der Waals surface area contributed by atoms with E-state index in [0.717, 1.165) is 55.0 Å². The Labute approximate surface area is 167 Å². The minimum atomic E-state index is -0.200. The average molecular weight is 401 g/mol. The smallest absolute Gasteiger partial charge is 0.298 e. The number of benzene rings is 1. The third-order valence-corrected chi connectivity index (χ3v) is 6.23. The Bertz CT molecular complexity index is 909. The van der Waals surface area contributed by atoms with Crippen molar-refractivity contribution in [2.24, 2.45) is 0 Å². The van der Waals surface area contributed by atoms with Crippen LogP contribution >= 0.6 is 11.3 Å². The highest BCUT2D eigenvalue weighted by Crippen LogP contribution is 2.33. The van der Waals surface area contributed by atoms with Gasteiger partial charge in [0.2, 0.25) is 5.76 Å². The minimum absolute atomic E-state index is 0.200. The van der Waals surface area contributed by atoms with Gasteiger partial charge < -0.3 is 9.26 Å². The molecule has 0 N–H and O–H groups in total. The average Bonchev–Trinajstić information content (AvgIpc) is 3.39. The third kappa shape index (κ3) is 3.94. The maximum absolute atomic E-state index is 13.1. The largest absolute Gasteiger partial charge is 0.379 e. The minimum Gasteiger partial charge on any atom is -0.379 e. The first-order valence-electron chi connectivity index (χ1n) is 9.53. The van der Waals surface area contributed by atoms with E-state index in [-0.39, 0.29) is 11.7 Å². The van der Waals surface area contributed by atoms with E-state index in [1.54, 1.807) is 22.3 Å². The summed E-state index contributed by atoms with van der Waals surface area (Å²) in [6.45, 7) is 9.05. The van der Waals surface area contributed by atoms with Gasteiger partial charge in [-0.1, -0.05) is 28.6 Å². The van der Waals surface area contributed by atoms with Crippen molar-refractivity contribution >= 4 is 32.6 Å². The van der Waals surface area contributed by atoms with E-state index in [2.05, 4.69) is 29.1 Å². The SMILES string of the molecule is Cc1ccc(C)c2sc(N(CCCN3CCOCC3)C(=O)c3ccno3)nc12. The van der Waals surface area contributed by atoms with Crippen LogP contribution in [-0.2, 0) is 4.74 Å². The number of aromatic nitrogens is 2. The van der Waals surface area contributed by atoms with Gasteiger partial charge in [-0.15, -0.1) is 0 Å². The zero-order valence-corrected chi connectivity index (χ0v) is 17.0. The normalized spacial score (nSPS) is 15.2. The van der Waals surface area contributed by atoms with Gasteiger partial charge in [0.15, 0.2) is 5.13 Å². The Balaban J connectivity index is 1.58. The highest BCUT2D eigenvalue weighted by atomic mass is 32.1. The van der Waals surface area contributed by atoms with Crippen LogP contribution in [0.2, 0.25) is 0 Å². The number of hydrogen-bond acceptors (Lipinski definition) is 7. The fourth-order valence-electron chi connectivity index (χ4n) is 3.38. The van der Waals surface area contributed by atoms with Gasteiger partial charge in [-0.3, -0.25) is 14.6 Å². The molecule has 0 radical (unpaired) electrons. The van der Waals surface area contributed by atoms with Gasteiger partial charge in [-0.05, 0) is 31.4 Å². The number of aryl methyl sites for hydroxylation is 2. The molecule has 1 aliphatic heterocycles. The Morgan fingerprint density at radius 1 is 1.21 bits per heavy atom. The van der Waals surface area contributed by atoms with Crippen molar-refractivity contribution in [3.63, 3.8) is 0 Å². The van der Waals surface area contributed by atoms with Crippen molar-refractivity contribution in [3.8, 4) is 0 Å². The maximum atomic E-state index is 13.1. The van der Waals surface area contributed by atoms with Crippen LogP contribution in [-0.4, -0.2) is 60.3 Å². The van der Waals surface area contributed by atoms with E-state index < -0.39 is 0 Å². The molecule has 0 unspecified atom stereocenters. The Morgan fingerprint density at radius 2 is 2.00 bits per heavy atom. The summed E-state index contributed by atoms with van der Waals surface area (Å²) < 4.78 is 11.7. The third-order valence-electron chi connectivity index (χ3n) is 5.02. The van der Waals surface area contributed by atoms with Crippen molar-refractivity contribution in [1.29, 1.82) is 0 Å². The summed E-state index contributed by atoms with van der Waals surface area (Å²) in [6.07, 6.45) is 2.35. The second-order valence-electron chi connectivity index (χ2n) is 7.01. The number of ether oxygens (including phenoxy) is 1. The molecule has 1 fully saturated rings. The van der Waals surface area contributed by atoms with E-state index in [0.29, 0.717) is 11.7 Å². The van der Waals surface area contributed by atoms with Gasteiger partial charge in [-0.25, -0.2) is 4.98 Å². The number of fused-ring (bicyclic) bond motifs is 1. The molecule has 1 aromatic carbocycles. The van der Waals surface area contributed by atoms with E-state index in [1.165, 1.54) is 11.8 Å². The fourth-order valence-corrected chi connectivity index (χ4v) is 4.52. The number of carbonyl (C=O) groups is 1. The van der Waals surface area contributed by atoms with Gasteiger partial charge in [0.05, 0.1) is 29.6 Å². The summed E-state index contributed by atoms with van der Waals surface area (Å²) in [5.74, 6) is 0.0351. The Morgan fingerprint density at radius 3 is 2.71 bits per heavy atom. The van der Waals surface area contributed by atoms with Gasteiger partial charge >= 0.3 is 0 Å². The molecule has 0 spiro atoms. The first kappa shape index (κ1) is 19.0. The van der Waals surface area contributed by atoms with Gasteiger partial charge in [-0.2, -0.15) is 0 Å². The second-order valence-corrected chi connectivity index (χ2v) is 7.99. The van der Waals surface area contributed by atoms with Crippen LogP contribution in [0.1, 0.15) is 28.1 Å². The summed E-state index contributed by atoms with van der Waals surface area (Å²) in [4.78, 5) is 22.0. The zero-order chi connectivity index (χ0) is 19.5. The number of rotatable bonds is 6. The molecular formula is C20H24N4O3S. The predicted octanol–water partition coefficient (Wildman–Crippen LogP) is 3.27. The quantitative estimate of drug-likeness (QED) is 0.632. The first-order valence-corrected chi connectivity index (χ1v) is 10.3. The topological polar surface area (TPSA) is 71.7 Å². The summed E-state index contributed by atoms with van der Waals surface area (Å²) >= 11 is 1.56. The molecule has 7 nitrogen and oxygen atoms in total. The molecule has 0 bridgehead atoms. The lowest BCUT2D eigenvalue weighted by atomic mass is 10.1. The van der Waals surface area contributed by atoms with Crippen molar-refractivity contribution in [2.45, 2.75) is 20.3 Å². The highest BCUT2D eigenvalue weighted by molar-refractivity contribution is 7.22. The van der Waals surface area contributed by atoms with Crippen LogP contribution in [0, 0.1) is 13.8 Å². The predicted molar refractivity (Wildman–Crippen MR) is 109 cm³/mol. The van der Waals surface area contributed by atoms with Crippen LogP contribution in [0.4, 0.5) is 5.13 Å². The van der Waals surface area contributed by atoms with Crippen molar-refractivity contribution < 1.29 is 14.1 Å². The molecule has 28 heavy (non-hydrogen) atoms. The van der Waals surface area contributed by atoms with E-state index in [9.17, 15) is 4.79 Å². The van der Waals surface area contributed by atoms with Crippen molar-refractivity contribution in [3.05, 3.63) is 41.3 Å². The van der Waals surface area contributed by atoms with Crippen LogP contribution in [0.15, 0.2) is 28.9 Å². The summed E-state index contributed by atoms with van der Waals surface area (Å²) in [5.41, 5.74) is 3.25. The summed E-state index contributed by atoms with van der Waals surface area (Å²) in [5, 5.41) is 4.39. The zero-order valence-electron chi connectivity index (χ0n) is 16.2. The molecule has 3 aromatic rings. The molecule has 1 saturated heterocycles. The molecule has 0 aliphatic carbocycles. The monoisotopic (exact) mass is 400 g/mol. The standard InChI is InChI=1S/C20H24N4O3S/c1-14-4-5-15(2)18-17(14)22-20(28-18)24(19(25)16-6-7-21-27-16)9-3-8-23-10-12-26-13-11-23/h4-7H,3,8-13H2,1-2H3. The van der Waals surface area contributed by atoms with Crippen molar-refractivity contribution in [2.75, 3.05) is 44.3 Å². The number of thiazole rings is 1. The van der Waals surface area contributed by atoms with Crippen molar-refractivity contribution in [1.82, 2.24) is 15.0 Å². The number of hydrogen-bond donors (Lipinski definition) is 0. The number of nitrogens with zero attached hydrogens (tertiary/aromatic N) is 4. The summed E-state index contributed by atoms with van der Waals surface area (Å²) in [6, 6.07) is 5.77. The number of amides is 1. The van der Waals surface area contributed by atoms with Gasteiger partial charge in [0.1, 0.15) is 0 Å². The van der Waals surface area contributed by atoms with Gasteiger partial charge in [0, 0.05) is 32.2 Å². The molecule has 3 heterocycles. The molecule has 4 rings (SSSR count). The first-order chi connectivity index (χ1) is 13.6. The van der Waals surface area contributed by atoms with Crippen LogP contribution in [0.5, 0.6) is 0 Å². The molecule has 8 heteroatoms. The Hall–Kier alpha value is -2.29. The van der Waals surface area contributed by atoms with E-state index in [1.807, 2.05) is 6.92 Å². The molecular weight excluding hydrogens is 376 g/mol. The lowest BCUT2D eigenvalue weighted by Crippen LogP contribution is -2.39. The molecule has 0 saturated carbocycles. The molecule has 1 aliphatic rings. The van der Waals surface area contributed by atoms with Crippen LogP contribution < -0.4 is 4.90 Å². The van der Waals surface area contributed by atoms with Crippen LogP contribution in [0.25, 0.3) is 10.2 Å². The Kier molecular flexibility index (Phi) is 5.70. The molecule has 2 aromatic heterocycles. The number of anilines is 1. The maximum Gasteiger partial charge on any atom is 0.298 e. The molecule has 148 valence electrons.